The minimum atomic E-state index is -2.00. The van der Waals surface area contributed by atoms with Gasteiger partial charge in [0.2, 0.25) is 0 Å². The van der Waals surface area contributed by atoms with Crippen molar-refractivity contribution in [1.82, 2.24) is 0 Å². The average Bonchev–Trinajstić information content (AvgIpc) is 2.15. The molecule has 1 heterocycles. The van der Waals surface area contributed by atoms with Crippen LogP contribution in [0.2, 0.25) is 0 Å². The van der Waals surface area contributed by atoms with Crippen LogP contribution in [0.4, 0.5) is 0 Å². The van der Waals surface area contributed by atoms with Gasteiger partial charge in [-0.25, -0.2) is 0 Å². The molecule has 9 heavy (non-hydrogen) atoms. The lowest BCUT2D eigenvalue weighted by Gasteiger charge is -1.99. The smallest absolute Gasteiger partial charge is 0.0943 e. The summed E-state index contributed by atoms with van der Waals surface area (Å²) < 4.78 is 24.7. The SMILES string of the molecule is O=S([O-])Cc1ccoc1. The molecule has 1 aromatic rings. The first-order chi connectivity index (χ1) is 4.29. The quantitative estimate of drug-likeness (QED) is 0.574. The molecule has 0 saturated carbocycles. The van der Waals surface area contributed by atoms with Crippen LogP contribution in [0.15, 0.2) is 23.0 Å². The molecule has 0 spiro atoms. The molecule has 0 radical (unpaired) electrons. The Morgan fingerprint density at radius 2 is 2.56 bits per heavy atom. The fourth-order valence-electron chi connectivity index (χ4n) is 0.511. The highest BCUT2D eigenvalue weighted by Crippen LogP contribution is 2.01. The molecule has 0 aliphatic carbocycles. The minimum Gasteiger partial charge on any atom is -0.772 e. The largest absolute Gasteiger partial charge is 0.772 e. The van der Waals surface area contributed by atoms with Gasteiger partial charge in [0.25, 0.3) is 0 Å². The summed E-state index contributed by atoms with van der Waals surface area (Å²) in [4.78, 5) is 0. The molecular formula is C5H5O3S-. The summed E-state index contributed by atoms with van der Waals surface area (Å²) in [6.45, 7) is 0. The molecule has 0 aromatic carbocycles. The summed E-state index contributed by atoms with van der Waals surface area (Å²) in [5.41, 5.74) is 0.684. The summed E-state index contributed by atoms with van der Waals surface area (Å²) >= 11 is -2.00. The lowest BCUT2D eigenvalue weighted by Crippen LogP contribution is -1.89. The Labute approximate surface area is 55.0 Å². The molecule has 50 valence electrons. The van der Waals surface area contributed by atoms with Crippen molar-refractivity contribution in [1.29, 1.82) is 0 Å². The lowest BCUT2D eigenvalue weighted by atomic mass is 10.4. The maximum absolute atomic E-state index is 10.0. The van der Waals surface area contributed by atoms with Gasteiger partial charge in [0.1, 0.15) is 0 Å². The molecule has 0 aliphatic rings. The molecule has 3 nitrogen and oxygen atoms in total. The van der Waals surface area contributed by atoms with Gasteiger partial charge in [-0.1, -0.05) is 11.1 Å². The normalized spacial score (nSPS) is 13.4. The van der Waals surface area contributed by atoms with Crippen molar-refractivity contribution in [2.45, 2.75) is 5.75 Å². The Bertz CT molecular complexity index is 192. The van der Waals surface area contributed by atoms with Crippen LogP contribution in [0, 0.1) is 0 Å². The molecule has 0 aliphatic heterocycles. The van der Waals surface area contributed by atoms with Crippen molar-refractivity contribution in [3.63, 3.8) is 0 Å². The van der Waals surface area contributed by atoms with Crippen LogP contribution in [-0.2, 0) is 16.8 Å². The van der Waals surface area contributed by atoms with Crippen LogP contribution in [0.5, 0.6) is 0 Å². The van der Waals surface area contributed by atoms with E-state index in [0.29, 0.717) is 5.56 Å². The third kappa shape index (κ3) is 1.99. The van der Waals surface area contributed by atoms with Gasteiger partial charge in [0, 0.05) is 11.3 Å². The van der Waals surface area contributed by atoms with Crippen LogP contribution in [0.1, 0.15) is 5.56 Å². The van der Waals surface area contributed by atoms with Crippen molar-refractivity contribution in [3.8, 4) is 0 Å². The zero-order valence-corrected chi connectivity index (χ0v) is 5.39. The molecule has 1 aromatic heterocycles. The predicted octanol–water partition coefficient (Wildman–Crippen LogP) is 0.659. The third-order valence-corrected chi connectivity index (χ3v) is 1.43. The van der Waals surface area contributed by atoms with Gasteiger partial charge in [-0.2, -0.15) is 0 Å². The molecule has 0 N–H and O–H groups in total. The Morgan fingerprint density at radius 1 is 1.78 bits per heavy atom. The van der Waals surface area contributed by atoms with E-state index in [1.165, 1.54) is 12.5 Å². The molecule has 1 rings (SSSR count). The Hall–Kier alpha value is -0.610. The zero-order valence-electron chi connectivity index (χ0n) is 4.57. The van der Waals surface area contributed by atoms with Gasteiger partial charge in [-0.3, -0.25) is 4.21 Å². The molecular weight excluding hydrogens is 140 g/mol. The third-order valence-electron chi connectivity index (χ3n) is 0.865. The number of furan rings is 1. The fourth-order valence-corrected chi connectivity index (χ4v) is 0.947. The number of rotatable bonds is 2. The van der Waals surface area contributed by atoms with Crippen molar-refractivity contribution in [2.24, 2.45) is 0 Å². The predicted molar refractivity (Wildman–Crippen MR) is 31.3 cm³/mol. The van der Waals surface area contributed by atoms with Crippen molar-refractivity contribution >= 4 is 11.1 Å². The van der Waals surface area contributed by atoms with E-state index in [0.717, 1.165) is 0 Å². The summed E-state index contributed by atoms with van der Waals surface area (Å²) in [7, 11) is 0. The van der Waals surface area contributed by atoms with Crippen LogP contribution in [0.3, 0.4) is 0 Å². The van der Waals surface area contributed by atoms with Gasteiger partial charge < -0.3 is 8.97 Å². The van der Waals surface area contributed by atoms with Crippen LogP contribution in [0.25, 0.3) is 0 Å². The first-order valence-corrected chi connectivity index (χ1v) is 3.60. The maximum atomic E-state index is 10.0. The Balaban J connectivity index is 2.58. The monoisotopic (exact) mass is 145 g/mol. The second kappa shape index (κ2) is 2.80. The number of hydrogen-bond donors (Lipinski definition) is 0. The summed E-state index contributed by atoms with van der Waals surface area (Å²) in [6.07, 6.45) is 2.86. The summed E-state index contributed by atoms with van der Waals surface area (Å²) in [5.74, 6) is 0.0382. The first kappa shape index (κ1) is 6.51. The van der Waals surface area contributed by atoms with E-state index in [-0.39, 0.29) is 5.75 Å². The molecule has 0 saturated heterocycles. The van der Waals surface area contributed by atoms with E-state index in [1.54, 1.807) is 6.07 Å². The number of hydrogen-bond acceptors (Lipinski definition) is 3. The van der Waals surface area contributed by atoms with E-state index in [1.807, 2.05) is 0 Å². The van der Waals surface area contributed by atoms with E-state index in [4.69, 9.17) is 0 Å². The molecule has 4 heteroatoms. The van der Waals surface area contributed by atoms with E-state index >= 15 is 0 Å². The molecule has 1 atom stereocenters. The second-order valence-corrected chi connectivity index (χ2v) is 2.48. The van der Waals surface area contributed by atoms with Gasteiger partial charge in [-0.15, -0.1) is 0 Å². The molecule has 1 unspecified atom stereocenters. The van der Waals surface area contributed by atoms with Crippen molar-refractivity contribution < 1.29 is 13.2 Å². The maximum Gasteiger partial charge on any atom is 0.0943 e. The fraction of sp³-hybridized carbons (Fsp3) is 0.200. The lowest BCUT2D eigenvalue weighted by molar-refractivity contribution is 0.534. The highest BCUT2D eigenvalue weighted by Gasteiger charge is 1.90. The van der Waals surface area contributed by atoms with E-state index in [9.17, 15) is 8.76 Å². The Kier molecular flexibility index (Phi) is 2.02. The Morgan fingerprint density at radius 3 is 3.00 bits per heavy atom. The van der Waals surface area contributed by atoms with E-state index in [2.05, 4.69) is 4.42 Å². The topological polar surface area (TPSA) is 53.3 Å². The average molecular weight is 145 g/mol. The highest BCUT2D eigenvalue weighted by molar-refractivity contribution is 7.78. The second-order valence-electron chi connectivity index (χ2n) is 1.58. The standard InChI is InChI=1S/C5H6O3S/c6-9(7)4-5-1-2-8-3-5/h1-3H,4H2,(H,6,7)/p-1. The van der Waals surface area contributed by atoms with Gasteiger partial charge in [0.15, 0.2) is 0 Å². The summed E-state index contributed by atoms with van der Waals surface area (Å²) in [5, 5.41) is 0. The molecule has 0 bridgehead atoms. The van der Waals surface area contributed by atoms with Crippen molar-refractivity contribution in [3.05, 3.63) is 24.2 Å². The molecule has 0 amide bonds. The van der Waals surface area contributed by atoms with Crippen LogP contribution < -0.4 is 0 Å². The van der Waals surface area contributed by atoms with Gasteiger partial charge >= 0.3 is 0 Å². The molecule has 0 fully saturated rings. The van der Waals surface area contributed by atoms with Crippen LogP contribution >= 0.6 is 0 Å². The first-order valence-electron chi connectivity index (χ1n) is 2.36. The minimum absolute atomic E-state index is 0.0382. The van der Waals surface area contributed by atoms with Crippen LogP contribution in [-0.4, -0.2) is 8.76 Å². The highest BCUT2D eigenvalue weighted by atomic mass is 32.2. The zero-order chi connectivity index (χ0) is 6.69. The summed E-state index contributed by atoms with van der Waals surface area (Å²) in [6, 6.07) is 1.62. The van der Waals surface area contributed by atoms with Gasteiger partial charge in [-0.05, 0) is 6.07 Å². The van der Waals surface area contributed by atoms with Gasteiger partial charge in [0.05, 0.1) is 12.5 Å². The van der Waals surface area contributed by atoms with Crippen molar-refractivity contribution in [2.75, 3.05) is 0 Å². The van der Waals surface area contributed by atoms with E-state index < -0.39 is 11.1 Å².